The molecule has 0 aliphatic heterocycles. The van der Waals surface area contributed by atoms with Gasteiger partial charge in [-0.2, -0.15) is 0 Å². The van der Waals surface area contributed by atoms with Gasteiger partial charge in [-0.15, -0.1) is 0 Å². The molecule has 14 heavy (non-hydrogen) atoms. The zero-order chi connectivity index (χ0) is 10.4. The number of aliphatic hydroxyl groups excluding tert-OH is 1. The Morgan fingerprint density at radius 3 is 3.07 bits per heavy atom. The Bertz CT molecular complexity index is 287. The highest BCUT2D eigenvalue weighted by atomic mass is 16.3. The minimum atomic E-state index is -0.195. The van der Waals surface area contributed by atoms with E-state index in [-0.39, 0.29) is 18.6 Å². The maximum absolute atomic E-state index is 11.3. The minimum absolute atomic E-state index is 0.0429. The van der Waals surface area contributed by atoms with E-state index in [1.54, 1.807) is 25.4 Å². The van der Waals surface area contributed by atoms with Crippen LogP contribution < -0.4 is 5.32 Å². The van der Waals surface area contributed by atoms with E-state index in [0.717, 1.165) is 5.56 Å². The van der Waals surface area contributed by atoms with Crippen LogP contribution >= 0.6 is 0 Å². The van der Waals surface area contributed by atoms with Crippen molar-refractivity contribution in [2.24, 2.45) is 0 Å². The molecular weight excluding hydrogens is 180 g/mol. The highest BCUT2D eigenvalue weighted by Gasteiger charge is 2.06. The molecule has 1 atom stereocenters. The van der Waals surface area contributed by atoms with Crippen LogP contribution in [0.4, 0.5) is 0 Å². The van der Waals surface area contributed by atoms with Gasteiger partial charge in [-0.05, 0) is 18.6 Å². The molecule has 1 heterocycles. The maximum atomic E-state index is 11.3. The van der Waals surface area contributed by atoms with Gasteiger partial charge in [0.1, 0.15) is 0 Å². The van der Waals surface area contributed by atoms with E-state index in [4.69, 9.17) is 5.11 Å². The van der Waals surface area contributed by atoms with Gasteiger partial charge in [0.15, 0.2) is 0 Å². The van der Waals surface area contributed by atoms with Gasteiger partial charge in [-0.25, -0.2) is 0 Å². The van der Waals surface area contributed by atoms with E-state index in [0.29, 0.717) is 6.42 Å². The monoisotopic (exact) mass is 194 g/mol. The third-order valence-electron chi connectivity index (χ3n) is 1.77. The third-order valence-corrected chi connectivity index (χ3v) is 1.77. The number of nitrogens with zero attached hydrogens (tertiary/aromatic N) is 1. The van der Waals surface area contributed by atoms with Crippen LogP contribution in [0, 0.1) is 0 Å². The molecule has 0 aliphatic rings. The van der Waals surface area contributed by atoms with Crippen molar-refractivity contribution >= 4 is 5.91 Å². The number of carbonyl (C=O) groups excluding carboxylic acids is 1. The molecule has 0 spiro atoms. The van der Waals surface area contributed by atoms with Gasteiger partial charge in [0, 0.05) is 18.4 Å². The first-order valence-electron chi connectivity index (χ1n) is 4.51. The standard InChI is InChI=1S/C10H14N2O2/c1-8(7-13)12-10(14)5-9-3-2-4-11-6-9/h2-4,6,8,13H,5,7H2,1H3,(H,12,14). The van der Waals surface area contributed by atoms with E-state index in [1.807, 2.05) is 6.07 Å². The van der Waals surface area contributed by atoms with Crippen LogP contribution in [0.15, 0.2) is 24.5 Å². The highest BCUT2D eigenvalue weighted by molar-refractivity contribution is 5.78. The lowest BCUT2D eigenvalue weighted by molar-refractivity contribution is -0.121. The minimum Gasteiger partial charge on any atom is -0.394 e. The molecule has 0 saturated heterocycles. The summed E-state index contributed by atoms with van der Waals surface area (Å²) in [5.74, 6) is -0.0976. The molecule has 1 unspecified atom stereocenters. The Hall–Kier alpha value is -1.42. The molecule has 0 aliphatic carbocycles. The molecule has 0 aromatic carbocycles. The van der Waals surface area contributed by atoms with Crippen molar-refractivity contribution in [1.29, 1.82) is 0 Å². The summed E-state index contributed by atoms with van der Waals surface area (Å²) < 4.78 is 0. The van der Waals surface area contributed by atoms with Crippen LogP contribution in [0.25, 0.3) is 0 Å². The van der Waals surface area contributed by atoms with E-state index < -0.39 is 0 Å². The Balaban J connectivity index is 2.42. The van der Waals surface area contributed by atoms with Crippen LogP contribution in [-0.2, 0) is 11.2 Å². The van der Waals surface area contributed by atoms with Gasteiger partial charge in [0.05, 0.1) is 13.0 Å². The summed E-state index contributed by atoms with van der Waals surface area (Å²) in [6, 6.07) is 3.44. The second-order valence-electron chi connectivity index (χ2n) is 3.19. The first-order chi connectivity index (χ1) is 6.72. The largest absolute Gasteiger partial charge is 0.394 e. The maximum Gasteiger partial charge on any atom is 0.224 e. The topological polar surface area (TPSA) is 62.2 Å². The first-order valence-corrected chi connectivity index (χ1v) is 4.51. The fraction of sp³-hybridized carbons (Fsp3) is 0.400. The molecule has 1 aromatic rings. The van der Waals surface area contributed by atoms with Crippen LogP contribution in [0.5, 0.6) is 0 Å². The van der Waals surface area contributed by atoms with Gasteiger partial charge >= 0.3 is 0 Å². The highest BCUT2D eigenvalue weighted by Crippen LogP contribution is 1.96. The smallest absolute Gasteiger partial charge is 0.224 e. The number of aliphatic hydroxyl groups is 1. The number of hydrogen-bond acceptors (Lipinski definition) is 3. The molecule has 0 saturated carbocycles. The molecule has 1 aromatic heterocycles. The normalized spacial score (nSPS) is 12.1. The summed E-state index contributed by atoms with van der Waals surface area (Å²) >= 11 is 0. The van der Waals surface area contributed by atoms with E-state index in [9.17, 15) is 4.79 Å². The number of carbonyl (C=O) groups is 1. The Morgan fingerprint density at radius 2 is 2.50 bits per heavy atom. The van der Waals surface area contributed by atoms with Crippen molar-refractivity contribution in [3.63, 3.8) is 0 Å². The lowest BCUT2D eigenvalue weighted by Crippen LogP contribution is -2.35. The van der Waals surface area contributed by atoms with Gasteiger partial charge in [0.2, 0.25) is 5.91 Å². The summed E-state index contributed by atoms with van der Waals surface area (Å²) in [5, 5.41) is 11.4. The number of rotatable bonds is 4. The summed E-state index contributed by atoms with van der Waals surface area (Å²) in [7, 11) is 0. The van der Waals surface area contributed by atoms with Gasteiger partial charge in [-0.1, -0.05) is 6.07 Å². The zero-order valence-corrected chi connectivity index (χ0v) is 8.10. The predicted octanol–water partition coefficient (Wildman–Crippen LogP) is 0.121. The Morgan fingerprint density at radius 1 is 1.71 bits per heavy atom. The Labute approximate surface area is 83.0 Å². The van der Waals surface area contributed by atoms with Crippen LogP contribution in [-0.4, -0.2) is 28.6 Å². The van der Waals surface area contributed by atoms with Crippen molar-refractivity contribution in [3.05, 3.63) is 30.1 Å². The molecule has 0 fully saturated rings. The van der Waals surface area contributed by atoms with E-state index >= 15 is 0 Å². The molecular formula is C10H14N2O2. The van der Waals surface area contributed by atoms with Gasteiger partial charge in [-0.3, -0.25) is 9.78 Å². The second kappa shape index (κ2) is 5.34. The predicted molar refractivity (Wildman–Crippen MR) is 52.6 cm³/mol. The fourth-order valence-corrected chi connectivity index (χ4v) is 1.06. The summed E-state index contributed by atoms with van der Waals surface area (Å²) in [6.45, 7) is 1.71. The average Bonchev–Trinajstić information content (AvgIpc) is 2.19. The van der Waals surface area contributed by atoms with Crippen molar-refractivity contribution in [2.75, 3.05) is 6.61 Å². The first kappa shape index (κ1) is 10.7. The van der Waals surface area contributed by atoms with Crippen molar-refractivity contribution in [1.82, 2.24) is 10.3 Å². The number of hydrogen-bond donors (Lipinski definition) is 2. The summed E-state index contributed by atoms with van der Waals surface area (Å²) in [5.41, 5.74) is 0.870. The second-order valence-corrected chi connectivity index (χ2v) is 3.19. The third kappa shape index (κ3) is 3.53. The average molecular weight is 194 g/mol. The zero-order valence-electron chi connectivity index (χ0n) is 8.10. The molecule has 2 N–H and O–H groups in total. The quantitative estimate of drug-likeness (QED) is 0.715. The molecule has 0 bridgehead atoms. The Kier molecular flexibility index (Phi) is 4.07. The molecule has 1 amide bonds. The van der Waals surface area contributed by atoms with Crippen molar-refractivity contribution < 1.29 is 9.90 Å². The van der Waals surface area contributed by atoms with Gasteiger partial charge < -0.3 is 10.4 Å². The molecule has 76 valence electrons. The van der Waals surface area contributed by atoms with Crippen LogP contribution in [0.1, 0.15) is 12.5 Å². The van der Waals surface area contributed by atoms with Gasteiger partial charge in [0.25, 0.3) is 0 Å². The van der Waals surface area contributed by atoms with Crippen LogP contribution in [0.3, 0.4) is 0 Å². The van der Waals surface area contributed by atoms with E-state index in [2.05, 4.69) is 10.3 Å². The van der Waals surface area contributed by atoms with Crippen molar-refractivity contribution in [3.8, 4) is 0 Å². The summed E-state index contributed by atoms with van der Waals surface area (Å²) in [4.78, 5) is 15.2. The summed E-state index contributed by atoms with van der Waals surface area (Å²) in [6.07, 6.45) is 3.62. The number of amides is 1. The molecule has 4 nitrogen and oxygen atoms in total. The lowest BCUT2D eigenvalue weighted by atomic mass is 10.2. The fourth-order valence-electron chi connectivity index (χ4n) is 1.06. The number of nitrogens with one attached hydrogen (secondary N) is 1. The number of aromatic nitrogens is 1. The lowest BCUT2D eigenvalue weighted by Gasteiger charge is -2.10. The van der Waals surface area contributed by atoms with Crippen LogP contribution in [0.2, 0.25) is 0 Å². The SMILES string of the molecule is CC(CO)NC(=O)Cc1cccnc1. The van der Waals surface area contributed by atoms with E-state index in [1.165, 1.54) is 0 Å². The van der Waals surface area contributed by atoms with Crippen molar-refractivity contribution in [2.45, 2.75) is 19.4 Å². The molecule has 1 rings (SSSR count). The molecule has 0 radical (unpaired) electrons. The number of pyridine rings is 1. The molecule has 4 heteroatoms.